The lowest BCUT2D eigenvalue weighted by Crippen LogP contribution is -2.32. The van der Waals surface area contributed by atoms with E-state index in [-0.39, 0.29) is 5.56 Å². The van der Waals surface area contributed by atoms with Gasteiger partial charge in [-0.25, -0.2) is 4.68 Å². The predicted molar refractivity (Wildman–Crippen MR) is 85.0 cm³/mol. The fourth-order valence-electron chi connectivity index (χ4n) is 2.78. The molecule has 5 nitrogen and oxygen atoms in total. The molecule has 6 heteroatoms. The van der Waals surface area contributed by atoms with Crippen LogP contribution in [0.4, 0.5) is 5.69 Å². The van der Waals surface area contributed by atoms with Crippen LogP contribution in [0.15, 0.2) is 15.5 Å². The van der Waals surface area contributed by atoms with Gasteiger partial charge in [0.15, 0.2) is 0 Å². The van der Waals surface area contributed by atoms with Crippen LogP contribution in [-0.2, 0) is 6.54 Å². The van der Waals surface area contributed by atoms with Crippen molar-refractivity contribution in [2.75, 3.05) is 18.0 Å². The second-order valence-electron chi connectivity index (χ2n) is 6.06. The summed E-state index contributed by atoms with van der Waals surface area (Å²) in [4.78, 5) is 14.6. The zero-order valence-electron chi connectivity index (χ0n) is 12.3. The quantitative estimate of drug-likeness (QED) is 0.906. The lowest BCUT2D eigenvalue weighted by atomic mass is 10.1. The van der Waals surface area contributed by atoms with Gasteiger partial charge in [0.25, 0.3) is 5.56 Å². The van der Waals surface area contributed by atoms with Gasteiger partial charge in [0.1, 0.15) is 4.47 Å². The van der Waals surface area contributed by atoms with Crippen molar-refractivity contribution in [3.8, 4) is 0 Å². The Labute approximate surface area is 128 Å². The minimum Gasteiger partial charge on any atom is -0.366 e. The van der Waals surface area contributed by atoms with E-state index in [4.69, 9.17) is 5.73 Å². The Morgan fingerprint density at radius 3 is 2.80 bits per heavy atom. The smallest absolute Gasteiger partial charge is 0.283 e. The minimum absolute atomic E-state index is 0.0559. The molecule has 0 aliphatic carbocycles. The molecule has 1 aromatic heterocycles. The molecule has 20 heavy (non-hydrogen) atoms. The molecule has 2 atom stereocenters. The van der Waals surface area contributed by atoms with Crippen molar-refractivity contribution in [1.82, 2.24) is 9.78 Å². The zero-order valence-corrected chi connectivity index (χ0v) is 13.9. The van der Waals surface area contributed by atoms with Crippen molar-refractivity contribution in [3.05, 3.63) is 21.0 Å². The molecule has 2 rings (SSSR count). The first-order valence-corrected chi connectivity index (χ1v) is 7.95. The van der Waals surface area contributed by atoms with Crippen molar-refractivity contribution in [1.29, 1.82) is 0 Å². The van der Waals surface area contributed by atoms with E-state index in [1.54, 1.807) is 6.20 Å². The van der Waals surface area contributed by atoms with Gasteiger partial charge < -0.3 is 10.6 Å². The van der Waals surface area contributed by atoms with Crippen LogP contribution in [-0.4, -0.2) is 28.9 Å². The molecule has 0 radical (unpaired) electrons. The third-order valence-corrected chi connectivity index (χ3v) is 4.55. The first-order chi connectivity index (χ1) is 9.43. The lowest BCUT2D eigenvalue weighted by molar-refractivity contribution is 0.462. The average Bonchev–Trinajstić information content (AvgIpc) is 2.76. The maximum Gasteiger partial charge on any atom is 0.283 e. The number of nitrogens with two attached hydrogens (primary N) is 1. The molecule has 2 unspecified atom stereocenters. The Bertz CT molecular complexity index is 528. The number of hydrogen-bond donors (Lipinski definition) is 1. The molecule has 2 heterocycles. The van der Waals surface area contributed by atoms with Crippen molar-refractivity contribution < 1.29 is 0 Å². The first-order valence-electron chi connectivity index (χ1n) is 7.16. The van der Waals surface area contributed by atoms with Gasteiger partial charge >= 0.3 is 0 Å². The molecule has 0 spiro atoms. The number of halogens is 1. The maximum atomic E-state index is 12.3. The molecule has 1 saturated heterocycles. The molecule has 0 amide bonds. The number of aromatic nitrogens is 2. The van der Waals surface area contributed by atoms with Crippen molar-refractivity contribution >= 4 is 21.6 Å². The van der Waals surface area contributed by atoms with Crippen molar-refractivity contribution in [2.45, 2.75) is 39.8 Å². The number of rotatable bonds is 4. The Kier molecular flexibility index (Phi) is 4.86. The van der Waals surface area contributed by atoms with E-state index in [2.05, 4.69) is 46.7 Å². The summed E-state index contributed by atoms with van der Waals surface area (Å²) in [6.07, 6.45) is 2.86. The predicted octanol–water partition coefficient (Wildman–Crippen LogP) is 1.84. The molecule has 0 bridgehead atoms. The second-order valence-corrected chi connectivity index (χ2v) is 6.86. The molecule has 112 valence electrons. The Hall–Kier alpha value is -0.880. The van der Waals surface area contributed by atoms with Crippen LogP contribution in [0.1, 0.15) is 27.2 Å². The fraction of sp³-hybridized carbons (Fsp3) is 0.714. The molecule has 0 aromatic carbocycles. The van der Waals surface area contributed by atoms with E-state index in [0.717, 1.165) is 18.7 Å². The Balaban J connectivity index is 2.30. The molecule has 0 saturated carbocycles. The van der Waals surface area contributed by atoms with Gasteiger partial charge in [-0.1, -0.05) is 13.8 Å². The summed E-state index contributed by atoms with van der Waals surface area (Å²) in [6, 6.07) is 0.391. The van der Waals surface area contributed by atoms with Crippen LogP contribution in [0.3, 0.4) is 0 Å². The topological polar surface area (TPSA) is 64.2 Å². The van der Waals surface area contributed by atoms with E-state index < -0.39 is 0 Å². The van der Waals surface area contributed by atoms with E-state index >= 15 is 0 Å². The van der Waals surface area contributed by atoms with Gasteiger partial charge in [0, 0.05) is 19.1 Å². The number of nitrogens with zero attached hydrogens (tertiary/aromatic N) is 3. The number of hydrogen-bond acceptors (Lipinski definition) is 4. The van der Waals surface area contributed by atoms with Gasteiger partial charge in [-0.15, -0.1) is 0 Å². The summed E-state index contributed by atoms with van der Waals surface area (Å²) >= 11 is 3.45. The summed E-state index contributed by atoms with van der Waals surface area (Å²) in [6.45, 7) is 8.54. The van der Waals surface area contributed by atoms with Crippen LogP contribution in [0, 0.1) is 11.8 Å². The fourth-order valence-corrected chi connectivity index (χ4v) is 3.32. The molecular formula is C14H23BrN4O. The first kappa shape index (κ1) is 15.5. The molecule has 2 N–H and O–H groups in total. The van der Waals surface area contributed by atoms with Crippen LogP contribution in [0.2, 0.25) is 0 Å². The minimum atomic E-state index is -0.0559. The molecular weight excluding hydrogens is 320 g/mol. The average molecular weight is 343 g/mol. The van der Waals surface area contributed by atoms with E-state index in [9.17, 15) is 4.79 Å². The highest BCUT2D eigenvalue weighted by molar-refractivity contribution is 9.10. The van der Waals surface area contributed by atoms with Gasteiger partial charge in [0.2, 0.25) is 0 Å². The van der Waals surface area contributed by atoms with Crippen LogP contribution in [0.25, 0.3) is 0 Å². The summed E-state index contributed by atoms with van der Waals surface area (Å²) in [5, 5.41) is 4.31. The van der Waals surface area contributed by atoms with Crippen LogP contribution < -0.4 is 16.2 Å². The monoisotopic (exact) mass is 342 g/mol. The lowest BCUT2D eigenvalue weighted by Gasteiger charge is -2.25. The van der Waals surface area contributed by atoms with Crippen LogP contribution in [0.5, 0.6) is 0 Å². The van der Waals surface area contributed by atoms with Crippen molar-refractivity contribution in [2.24, 2.45) is 17.6 Å². The van der Waals surface area contributed by atoms with E-state index in [0.29, 0.717) is 35.4 Å². The van der Waals surface area contributed by atoms with E-state index in [1.165, 1.54) is 4.68 Å². The normalized spacial score (nSPS) is 22.8. The van der Waals surface area contributed by atoms with Crippen LogP contribution >= 0.6 is 15.9 Å². The largest absolute Gasteiger partial charge is 0.366 e. The van der Waals surface area contributed by atoms with Gasteiger partial charge in [-0.2, -0.15) is 5.10 Å². The highest BCUT2D eigenvalue weighted by Gasteiger charge is 2.30. The summed E-state index contributed by atoms with van der Waals surface area (Å²) in [5.74, 6) is 0.889. The maximum absolute atomic E-state index is 12.3. The molecule has 1 aromatic rings. The standard InChI is InChI=1S/C14H23BrN4O/c1-9(2)7-19-14(20)13(15)12(6-17-19)18-8-11(5-16)4-10(18)3/h6,9-11H,4-5,7-8,16H2,1-3H3. The summed E-state index contributed by atoms with van der Waals surface area (Å²) in [5.41, 5.74) is 6.59. The number of anilines is 1. The Morgan fingerprint density at radius 1 is 1.55 bits per heavy atom. The summed E-state index contributed by atoms with van der Waals surface area (Å²) < 4.78 is 2.14. The van der Waals surface area contributed by atoms with Crippen molar-refractivity contribution in [3.63, 3.8) is 0 Å². The van der Waals surface area contributed by atoms with E-state index in [1.807, 2.05) is 0 Å². The second kappa shape index (κ2) is 6.26. The van der Waals surface area contributed by atoms with Gasteiger partial charge in [0.05, 0.1) is 11.9 Å². The third-order valence-electron chi connectivity index (χ3n) is 3.81. The zero-order chi connectivity index (χ0) is 14.9. The Morgan fingerprint density at radius 2 is 2.25 bits per heavy atom. The highest BCUT2D eigenvalue weighted by Crippen LogP contribution is 2.31. The van der Waals surface area contributed by atoms with Gasteiger partial charge in [-0.3, -0.25) is 4.79 Å². The molecule has 1 fully saturated rings. The SMILES string of the molecule is CC(C)Cn1ncc(N2CC(CN)CC2C)c(Br)c1=O. The molecule has 1 aliphatic heterocycles. The third kappa shape index (κ3) is 3.06. The summed E-state index contributed by atoms with van der Waals surface area (Å²) in [7, 11) is 0. The molecule has 1 aliphatic rings. The highest BCUT2D eigenvalue weighted by atomic mass is 79.9. The van der Waals surface area contributed by atoms with Gasteiger partial charge in [-0.05, 0) is 47.7 Å².